The molecule has 2 aromatic rings. The van der Waals surface area contributed by atoms with Crippen LogP contribution in [0.15, 0.2) is 42.5 Å². The molecule has 0 fully saturated rings. The molecule has 1 heterocycles. The molecular formula is C20H19F6NO3. The summed E-state index contributed by atoms with van der Waals surface area (Å²) in [4.78, 5) is 0. The third-order valence-electron chi connectivity index (χ3n) is 4.94. The van der Waals surface area contributed by atoms with E-state index in [-0.39, 0.29) is 18.1 Å². The molecule has 1 unspecified atom stereocenters. The minimum atomic E-state index is -5.92. The molecule has 1 aliphatic rings. The van der Waals surface area contributed by atoms with Gasteiger partial charge < -0.3 is 19.9 Å². The van der Waals surface area contributed by atoms with Crippen molar-refractivity contribution < 1.29 is 40.9 Å². The number of methoxy groups -OCH3 is 1. The van der Waals surface area contributed by atoms with Crippen molar-refractivity contribution in [2.24, 2.45) is 0 Å². The normalized spacial score (nSPS) is 17.5. The van der Waals surface area contributed by atoms with Crippen molar-refractivity contribution in [1.29, 1.82) is 0 Å². The molecule has 0 radical (unpaired) electrons. The zero-order valence-corrected chi connectivity index (χ0v) is 15.8. The molecule has 0 amide bonds. The van der Waals surface area contributed by atoms with E-state index in [1.165, 1.54) is 7.11 Å². The third kappa shape index (κ3) is 4.14. The maximum atomic E-state index is 13.1. The molecule has 0 aromatic heterocycles. The number of hydrogen-bond donors (Lipinski definition) is 2. The van der Waals surface area contributed by atoms with Crippen LogP contribution >= 0.6 is 0 Å². The third-order valence-corrected chi connectivity index (χ3v) is 4.94. The highest BCUT2D eigenvalue weighted by molar-refractivity contribution is 5.55. The van der Waals surface area contributed by atoms with Gasteiger partial charge in [-0.1, -0.05) is 18.2 Å². The first-order valence-corrected chi connectivity index (χ1v) is 8.99. The summed E-state index contributed by atoms with van der Waals surface area (Å²) in [6.45, 7) is 0.298. The van der Waals surface area contributed by atoms with Gasteiger partial charge >= 0.3 is 12.4 Å². The lowest BCUT2D eigenvalue weighted by molar-refractivity contribution is -0.376. The molecular weight excluding hydrogens is 416 g/mol. The molecule has 2 aromatic carbocycles. The van der Waals surface area contributed by atoms with Crippen molar-refractivity contribution in [2.45, 2.75) is 36.9 Å². The first-order chi connectivity index (χ1) is 14.0. The highest BCUT2D eigenvalue weighted by atomic mass is 19.4. The number of nitrogens with one attached hydrogen (secondary N) is 1. The molecule has 4 nitrogen and oxygen atoms in total. The number of aliphatic hydroxyl groups is 1. The van der Waals surface area contributed by atoms with Crippen molar-refractivity contribution in [3.05, 3.63) is 53.6 Å². The fourth-order valence-electron chi connectivity index (χ4n) is 3.30. The smallest absolute Gasteiger partial charge is 0.430 e. The van der Waals surface area contributed by atoms with E-state index in [4.69, 9.17) is 9.47 Å². The van der Waals surface area contributed by atoms with Gasteiger partial charge in [0.05, 0.1) is 13.7 Å². The Morgan fingerprint density at radius 1 is 0.967 bits per heavy atom. The fraction of sp³-hybridized carbons (Fsp3) is 0.400. The second kappa shape index (κ2) is 7.90. The largest absolute Gasteiger partial charge is 0.497 e. The van der Waals surface area contributed by atoms with Crippen LogP contribution < -0.4 is 14.8 Å². The number of hydrogen-bond acceptors (Lipinski definition) is 4. The van der Waals surface area contributed by atoms with Gasteiger partial charge in [0.25, 0.3) is 5.60 Å². The molecule has 2 N–H and O–H groups in total. The number of halogens is 6. The lowest BCUT2D eigenvalue weighted by Crippen LogP contribution is -2.53. The molecule has 0 saturated heterocycles. The van der Waals surface area contributed by atoms with Crippen LogP contribution in [0.5, 0.6) is 11.5 Å². The van der Waals surface area contributed by atoms with E-state index in [2.05, 4.69) is 5.32 Å². The van der Waals surface area contributed by atoms with Crippen LogP contribution in [0.3, 0.4) is 0 Å². The monoisotopic (exact) mass is 435 g/mol. The molecule has 3 rings (SSSR count). The van der Waals surface area contributed by atoms with Crippen molar-refractivity contribution >= 4 is 5.69 Å². The van der Waals surface area contributed by atoms with Gasteiger partial charge in [0.2, 0.25) is 0 Å². The molecule has 1 atom stereocenters. The molecule has 10 heteroatoms. The predicted molar refractivity (Wildman–Crippen MR) is 96.7 cm³/mol. The summed E-state index contributed by atoms with van der Waals surface area (Å²) in [6, 6.07) is 9.34. The highest BCUT2D eigenvalue weighted by Gasteiger charge is 2.71. The SMILES string of the molecule is COc1cccc(OC2CCc3cc(C(O)(C(F)(F)F)C(F)(F)F)ccc3NC2)c1. The van der Waals surface area contributed by atoms with Crippen LogP contribution in [0, 0.1) is 0 Å². The van der Waals surface area contributed by atoms with Gasteiger partial charge in [0.15, 0.2) is 0 Å². The van der Waals surface area contributed by atoms with E-state index in [9.17, 15) is 31.4 Å². The van der Waals surface area contributed by atoms with Crippen LogP contribution in [-0.4, -0.2) is 37.2 Å². The average Bonchev–Trinajstić information content (AvgIpc) is 2.87. The van der Waals surface area contributed by atoms with Gasteiger partial charge in [0.1, 0.15) is 17.6 Å². The van der Waals surface area contributed by atoms with E-state index in [0.717, 1.165) is 12.1 Å². The Kier molecular flexibility index (Phi) is 5.81. The van der Waals surface area contributed by atoms with Gasteiger partial charge in [-0.2, -0.15) is 26.3 Å². The summed E-state index contributed by atoms with van der Waals surface area (Å²) in [6.07, 6.45) is -11.7. The number of rotatable bonds is 4. The summed E-state index contributed by atoms with van der Waals surface area (Å²) in [5.74, 6) is 1.11. The average molecular weight is 435 g/mol. The van der Waals surface area contributed by atoms with Crippen molar-refractivity contribution in [3.63, 3.8) is 0 Å². The molecule has 0 saturated carbocycles. The van der Waals surface area contributed by atoms with Gasteiger partial charge in [-0.15, -0.1) is 0 Å². The van der Waals surface area contributed by atoms with Crippen molar-refractivity contribution in [2.75, 3.05) is 19.0 Å². The second-order valence-electron chi connectivity index (χ2n) is 6.92. The van der Waals surface area contributed by atoms with Crippen LogP contribution in [0.4, 0.5) is 32.0 Å². The van der Waals surface area contributed by atoms with E-state index >= 15 is 0 Å². The van der Waals surface area contributed by atoms with Crippen LogP contribution in [0.1, 0.15) is 17.5 Å². The molecule has 0 bridgehead atoms. The number of benzene rings is 2. The van der Waals surface area contributed by atoms with Crippen LogP contribution in [-0.2, 0) is 12.0 Å². The van der Waals surface area contributed by atoms with E-state index in [0.29, 0.717) is 36.2 Å². The lowest BCUT2D eigenvalue weighted by Gasteiger charge is -2.33. The molecule has 0 spiro atoms. The van der Waals surface area contributed by atoms with E-state index < -0.39 is 23.5 Å². The Morgan fingerprint density at radius 3 is 2.27 bits per heavy atom. The van der Waals surface area contributed by atoms with E-state index in [1.54, 1.807) is 24.3 Å². The molecule has 0 aliphatic carbocycles. The fourth-order valence-corrected chi connectivity index (χ4v) is 3.30. The minimum absolute atomic E-state index is 0.163. The first-order valence-electron chi connectivity index (χ1n) is 8.99. The molecule has 1 aliphatic heterocycles. The Balaban J connectivity index is 1.83. The van der Waals surface area contributed by atoms with Crippen molar-refractivity contribution in [1.82, 2.24) is 0 Å². The number of anilines is 1. The van der Waals surface area contributed by atoms with Crippen LogP contribution in [0.2, 0.25) is 0 Å². The highest BCUT2D eigenvalue weighted by Crippen LogP contribution is 2.50. The topological polar surface area (TPSA) is 50.7 Å². The first kappa shape index (κ1) is 22.1. The Morgan fingerprint density at radius 2 is 1.63 bits per heavy atom. The lowest BCUT2D eigenvalue weighted by atomic mass is 9.89. The van der Waals surface area contributed by atoms with E-state index in [1.807, 2.05) is 0 Å². The zero-order chi connectivity index (χ0) is 22.2. The van der Waals surface area contributed by atoms with Crippen molar-refractivity contribution in [3.8, 4) is 11.5 Å². The number of ether oxygens (including phenoxy) is 2. The summed E-state index contributed by atoms with van der Waals surface area (Å²) >= 11 is 0. The Labute approximate surface area is 168 Å². The van der Waals surface area contributed by atoms with Gasteiger partial charge in [0, 0.05) is 17.3 Å². The van der Waals surface area contributed by atoms with Gasteiger partial charge in [-0.25, -0.2) is 0 Å². The maximum Gasteiger partial charge on any atom is 0.430 e. The summed E-state index contributed by atoms with van der Waals surface area (Å²) in [5.41, 5.74) is -5.59. The number of fused-ring (bicyclic) bond motifs is 1. The number of alkyl halides is 6. The molecule has 30 heavy (non-hydrogen) atoms. The molecule has 164 valence electrons. The second-order valence-corrected chi connectivity index (χ2v) is 6.92. The maximum absolute atomic E-state index is 13.1. The minimum Gasteiger partial charge on any atom is -0.497 e. The Bertz CT molecular complexity index is 883. The Hall–Kier alpha value is -2.62. The summed E-state index contributed by atoms with van der Waals surface area (Å²) < 4.78 is 89.9. The zero-order valence-electron chi connectivity index (χ0n) is 15.8. The summed E-state index contributed by atoms with van der Waals surface area (Å²) in [7, 11) is 1.50. The standard InChI is InChI=1S/C20H19F6NO3/c1-29-14-3-2-4-15(10-14)30-16-7-5-12-9-13(6-8-17(12)27-11-16)18(28,19(21,22)23)20(24,25)26/h2-4,6,8-10,16,27-28H,5,7,11H2,1H3. The summed E-state index contributed by atoms with van der Waals surface area (Å²) in [5, 5.41) is 12.6. The predicted octanol–water partition coefficient (Wildman–Crippen LogP) is 4.81. The quantitative estimate of drug-likeness (QED) is 0.677. The number of aryl methyl sites for hydroxylation is 1. The van der Waals surface area contributed by atoms with Gasteiger partial charge in [-0.05, 0) is 36.6 Å². The van der Waals surface area contributed by atoms with Gasteiger partial charge in [-0.3, -0.25) is 0 Å². The van der Waals surface area contributed by atoms with Crippen LogP contribution in [0.25, 0.3) is 0 Å².